The Bertz CT molecular complexity index is 855. The van der Waals surface area contributed by atoms with E-state index < -0.39 is 16.6 Å². The standard InChI is InChI=1S/C17H18F2N2O4S/c1-20-26(23,24)15-4-2-3-13(9-15)11-21-16(22)10-12-5-7-14(8-6-12)25-17(18)19/h2-9,17,20H,10-11H2,1H3,(H,21,22). The van der Waals surface area contributed by atoms with Crippen LogP contribution in [-0.2, 0) is 27.8 Å². The molecule has 0 aliphatic heterocycles. The van der Waals surface area contributed by atoms with E-state index in [0.717, 1.165) is 0 Å². The Kier molecular flexibility index (Phi) is 6.64. The number of hydrogen-bond acceptors (Lipinski definition) is 4. The number of carbonyl (C=O) groups is 1. The number of halogens is 2. The molecular weight excluding hydrogens is 366 g/mol. The summed E-state index contributed by atoms with van der Waals surface area (Å²) in [5.41, 5.74) is 1.27. The topological polar surface area (TPSA) is 84.5 Å². The van der Waals surface area contributed by atoms with Crippen molar-refractivity contribution in [1.82, 2.24) is 10.0 Å². The van der Waals surface area contributed by atoms with Crippen molar-refractivity contribution < 1.29 is 26.7 Å². The third-order valence-corrected chi connectivity index (χ3v) is 4.89. The molecular formula is C17H18F2N2O4S. The quantitative estimate of drug-likeness (QED) is 0.730. The van der Waals surface area contributed by atoms with E-state index in [0.29, 0.717) is 11.1 Å². The van der Waals surface area contributed by atoms with E-state index in [1.807, 2.05) is 0 Å². The van der Waals surface area contributed by atoms with Gasteiger partial charge in [-0.2, -0.15) is 8.78 Å². The number of amides is 1. The highest BCUT2D eigenvalue weighted by atomic mass is 32.2. The highest BCUT2D eigenvalue weighted by Gasteiger charge is 2.12. The van der Waals surface area contributed by atoms with Gasteiger partial charge in [-0.25, -0.2) is 13.1 Å². The van der Waals surface area contributed by atoms with E-state index in [9.17, 15) is 22.0 Å². The smallest absolute Gasteiger partial charge is 0.387 e. The van der Waals surface area contributed by atoms with Crippen molar-refractivity contribution in [2.45, 2.75) is 24.5 Å². The SMILES string of the molecule is CNS(=O)(=O)c1cccc(CNC(=O)Cc2ccc(OC(F)F)cc2)c1. The van der Waals surface area contributed by atoms with Gasteiger partial charge < -0.3 is 10.1 Å². The third-order valence-electron chi connectivity index (χ3n) is 3.48. The first kappa shape index (κ1) is 19.8. The van der Waals surface area contributed by atoms with Gasteiger partial charge in [-0.3, -0.25) is 4.79 Å². The molecule has 0 aromatic heterocycles. The fraction of sp³-hybridized carbons (Fsp3) is 0.235. The number of hydrogen-bond donors (Lipinski definition) is 2. The van der Waals surface area contributed by atoms with Crippen LogP contribution >= 0.6 is 0 Å². The maximum Gasteiger partial charge on any atom is 0.387 e. The first-order valence-corrected chi connectivity index (χ1v) is 9.11. The lowest BCUT2D eigenvalue weighted by Crippen LogP contribution is -2.25. The summed E-state index contributed by atoms with van der Waals surface area (Å²) in [4.78, 5) is 12.1. The summed E-state index contributed by atoms with van der Waals surface area (Å²) in [5, 5.41) is 2.69. The van der Waals surface area contributed by atoms with Crippen LogP contribution < -0.4 is 14.8 Å². The lowest BCUT2D eigenvalue weighted by atomic mass is 10.1. The van der Waals surface area contributed by atoms with E-state index in [1.165, 1.54) is 43.4 Å². The van der Waals surface area contributed by atoms with Crippen LogP contribution in [0, 0.1) is 0 Å². The van der Waals surface area contributed by atoms with Gasteiger partial charge in [-0.15, -0.1) is 0 Å². The van der Waals surface area contributed by atoms with Crippen molar-refractivity contribution in [3.63, 3.8) is 0 Å². The second-order valence-corrected chi connectivity index (χ2v) is 7.22. The molecule has 0 saturated carbocycles. The number of rotatable bonds is 8. The highest BCUT2D eigenvalue weighted by molar-refractivity contribution is 7.89. The van der Waals surface area contributed by atoms with Crippen molar-refractivity contribution in [2.24, 2.45) is 0 Å². The predicted molar refractivity (Wildman–Crippen MR) is 91.3 cm³/mol. The zero-order valence-electron chi connectivity index (χ0n) is 13.9. The van der Waals surface area contributed by atoms with Crippen LogP contribution in [0.5, 0.6) is 5.75 Å². The monoisotopic (exact) mass is 384 g/mol. The second kappa shape index (κ2) is 8.72. The van der Waals surface area contributed by atoms with Gasteiger partial charge in [0.25, 0.3) is 0 Å². The third kappa shape index (κ3) is 5.78. The highest BCUT2D eigenvalue weighted by Crippen LogP contribution is 2.15. The molecule has 0 aliphatic carbocycles. The first-order chi connectivity index (χ1) is 12.3. The predicted octanol–water partition coefficient (Wildman–Crippen LogP) is 2.05. The Hall–Kier alpha value is -2.52. The van der Waals surface area contributed by atoms with Crippen LogP contribution in [0.1, 0.15) is 11.1 Å². The van der Waals surface area contributed by atoms with Crippen molar-refractivity contribution in [2.75, 3.05) is 7.05 Å². The molecule has 0 atom stereocenters. The zero-order chi connectivity index (χ0) is 19.2. The van der Waals surface area contributed by atoms with Crippen LogP contribution in [0.25, 0.3) is 0 Å². The van der Waals surface area contributed by atoms with Crippen LogP contribution in [-0.4, -0.2) is 28.0 Å². The number of sulfonamides is 1. The summed E-state index contributed by atoms with van der Waals surface area (Å²) in [5.74, 6) is -0.263. The summed E-state index contributed by atoms with van der Waals surface area (Å²) in [7, 11) is -2.23. The summed E-state index contributed by atoms with van der Waals surface area (Å²) in [6, 6.07) is 12.0. The summed E-state index contributed by atoms with van der Waals surface area (Å²) in [6.07, 6.45) is 0.0590. The summed E-state index contributed by atoms with van der Waals surface area (Å²) >= 11 is 0. The second-order valence-electron chi connectivity index (χ2n) is 5.33. The van der Waals surface area contributed by atoms with Crippen LogP contribution in [0.2, 0.25) is 0 Å². The molecule has 0 saturated heterocycles. The molecule has 0 heterocycles. The molecule has 0 unspecified atom stereocenters. The van der Waals surface area contributed by atoms with Crippen LogP contribution in [0.15, 0.2) is 53.4 Å². The molecule has 140 valence electrons. The Morgan fingerprint density at radius 2 is 1.81 bits per heavy atom. The summed E-state index contributed by atoms with van der Waals surface area (Å²) in [6.45, 7) is -2.73. The van der Waals surface area contributed by atoms with Crippen LogP contribution in [0.4, 0.5) is 8.78 Å². The van der Waals surface area contributed by atoms with E-state index >= 15 is 0 Å². The molecule has 2 rings (SSSR count). The Morgan fingerprint density at radius 1 is 1.12 bits per heavy atom. The van der Waals surface area contributed by atoms with E-state index in [-0.39, 0.29) is 29.5 Å². The Labute approximate surface area is 150 Å². The van der Waals surface area contributed by atoms with E-state index in [1.54, 1.807) is 12.1 Å². The average Bonchev–Trinajstić information content (AvgIpc) is 2.61. The summed E-state index contributed by atoms with van der Waals surface area (Å²) < 4.78 is 54.2. The Balaban J connectivity index is 1.92. The minimum Gasteiger partial charge on any atom is -0.435 e. The Morgan fingerprint density at radius 3 is 2.42 bits per heavy atom. The lowest BCUT2D eigenvalue weighted by Gasteiger charge is -2.08. The molecule has 0 fully saturated rings. The fourth-order valence-electron chi connectivity index (χ4n) is 2.18. The molecule has 26 heavy (non-hydrogen) atoms. The van der Waals surface area contributed by atoms with E-state index in [2.05, 4.69) is 14.8 Å². The molecule has 2 aromatic carbocycles. The first-order valence-electron chi connectivity index (χ1n) is 7.63. The number of benzene rings is 2. The molecule has 1 amide bonds. The van der Waals surface area contributed by atoms with E-state index in [4.69, 9.17) is 0 Å². The van der Waals surface area contributed by atoms with Gasteiger partial charge in [-0.1, -0.05) is 24.3 Å². The van der Waals surface area contributed by atoms with Gasteiger partial charge >= 0.3 is 6.61 Å². The lowest BCUT2D eigenvalue weighted by molar-refractivity contribution is -0.120. The molecule has 0 radical (unpaired) electrons. The molecule has 6 nitrogen and oxygen atoms in total. The van der Waals surface area contributed by atoms with Gasteiger partial charge in [0.15, 0.2) is 0 Å². The molecule has 2 N–H and O–H groups in total. The largest absolute Gasteiger partial charge is 0.435 e. The molecule has 9 heteroatoms. The number of alkyl halides is 2. The normalized spacial score (nSPS) is 11.4. The maximum absolute atomic E-state index is 12.1. The molecule has 2 aromatic rings. The molecule has 0 bridgehead atoms. The van der Waals surface area contributed by atoms with Gasteiger partial charge in [0.05, 0.1) is 11.3 Å². The average molecular weight is 384 g/mol. The zero-order valence-corrected chi connectivity index (χ0v) is 14.7. The van der Waals surface area contributed by atoms with Crippen molar-refractivity contribution in [3.05, 3.63) is 59.7 Å². The number of ether oxygens (including phenoxy) is 1. The maximum atomic E-state index is 12.1. The van der Waals surface area contributed by atoms with Gasteiger partial charge in [0, 0.05) is 6.54 Å². The molecule has 0 aliphatic rings. The minimum absolute atomic E-state index is 0.0201. The number of nitrogens with one attached hydrogen (secondary N) is 2. The van der Waals surface area contributed by atoms with Gasteiger partial charge in [0.1, 0.15) is 5.75 Å². The van der Waals surface area contributed by atoms with Crippen molar-refractivity contribution in [1.29, 1.82) is 0 Å². The van der Waals surface area contributed by atoms with Crippen molar-refractivity contribution in [3.8, 4) is 5.75 Å². The van der Waals surface area contributed by atoms with Crippen molar-refractivity contribution >= 4 is 15.9 Å². The minimum atomic E-state index is -3.55. The fourth-order valence-corrected chi connectivity index (χ4v) is 2.98. The van der Waals surface area contributed by atoms with Gasteiger partial charge in [0.2, 0.25) is 15.9 Å². The number of carbonyl (C=O) groups excluding carboxylic acids is 1. The van der Waals surface area contributed by atoms with Gasteiger partial charge in [-0.05, 0) is 42.4 Å². The van der Waals surface area contributed by atoms with Crippen LogP contribution in [0.3, 0.4) is 0 Å². The molecule has 0 spiro atoms.